The summed E-state index contributed by atoms with van der Waals surface area (Å²) < 4.78 is 54.1. The maximum absolute atomic E-state index is 14.1. The van der Waals surface area contributed by atoms with E-state index in [1.807, 2.05) is 30.3 Å². The number of halogens is 1. The van der Waals surface area contributed by atoms with Crippen molar-refractivity contribution in [3.8, 4) is 11.5 Å². The fourth-order valence-corrected chi connectivity index (χ4v) is 6.81. The molecule has 1 N–H and O–H groups in total. The van der Waals surface area contributed by atoms with E-state index in [0.29, 0.717) is 12.4 Å². The minimum atomic E-state index is -4.34. The van der Waals surface area contributed by atoms with E-state index in [9.17, 15) is 22.4 Å². The average Bonchev–Trinajstić information content (AvgIpc) is 3.03. The Labute approximate surface area is 251 Å². The first kappa shape index (κ1) is 30.3. The van der Waals surface area contributed by atoms with Crippen molar-refractivity contribution in [2.45, 2.75) is 62.6 Å². The Morgan fingerprint density at radius 1 is 0.930 bits per heavy atom. The number of amides is 2. The number of benzene rings is 3. The third kappa shape index (κ3) is 7.27. The third-order valence-corrected chi connectivity index (χ3v) is 9.58. The van der Waals surface area contributed by atoms with Crippen LogP contribution < -0.4 is 19.1 Å². The molecule has 0 saturated heterocycles. The summed E-state index contributed by atoms with van der Waals surface area (Å²) in [6.07, 6.45) is 4.98. The van der Waals surface area contributed by atoms with Gasteiger partial charge in [-0.3, -0.25) is 13.9 Å². The molecule has 1 atom stereocenters. The second kappa shape index (κ2) is 13.5. The van der Waals surface area contributed by atoms with Crippen LogP contribution in [0.1, 0.15) is 44.6 Å². The molecular formula is C32H36FN3O6S. The van der Waals surface area contributed by atoms with Crippen LogP contribution >= 0.6 is 0 Å². The van der Waals surface area contributed by atoms with Crippen LogP contribution in [0.15, 0.2) is 77.7 Å². The predicted molar refractivity (Wildman–Crippen MR) is 160 cm³/mol. The maximum Gasteiger partial charge on any atom is 0.264 e. The first-order valence-electron chi connectivity index (χ1n) is 14.5. The Kier molecular flexibility index (Phi) is 9.49. The van der Waals surface area contributed by atoms with Crippen LogP contribution in [0.3, 0.4) is 0 Å². The van der Waals surface area contributed by atoms with Crippen molar-refractivity contribution in [1.29, 1.82) is 0 Å². The largest absolute Gasteiger partial charge is 0.486 e. The fraction of sp³-hybridized carbons (Fsp3) is 0.375. The van der Waals surface area contributed by atoms with Crippen molar-refractivity contribution in [2.75, 3.05) is 24.1 Å². The molecule has 5 rings (SSSR count). The smallest absolute Gasteiger partial charge is 0.264 e. The van der Waals surface area contributed by atoms with Gasteiger partial charge >= 0.3 is 0 Å². The average molecular weight is 610 g/mol. The molecule has 1 aliphatic carbocycles. The van der Waals surface area contributed by atoms with Crippen molar-refractivity contribution in [1.82, 2.24) is 10.2 Å². The van der Waals surface area contributed by atoms with Crippen molar-refractivity contribution in [3.05, 3.63) is 84.2 Å². The molecule has 0 bridgehead atoms. The molecule has 3 aromatic carbocycles. The summed E-state index contributed by atoms with van der Waals surface area (Å²) in [7, 11) is -4.34. The highest BCUT2D eigenvalue weighted by Crippen LogP contribution is 2.34. The van der Waals surface area contributed by atoms with Gasteiger partial charge in [0.15, 0.2) is 11.5 Å². The lowest BCUT2D eigenvalue weighted by Gasteiger charge is -2.33. The molecule has 228 valence electrons. The van der Waals surface area contributed by atoms with E-state index in [2.05, 4.69) is 5.32 Å². The van der Waals surface area contributed by atoms with Gasteiger partial charge in [-0.2, -0.15) is 0 Å². The molecule has 0 spiro atoms. The minimum absolute atomic E-state index is 0.0451. The van der Waals surface area contributed by atoms with Gasteiger partial charge in [-0.25, -0.2) is 12.8 Å². The van der Waals surface area contributed by atoms with E-state index in [1.54, 1.807) is 6.92 Å². The summed E-state index contributed by atoms with van der Waals surface area (Å²) in [4.78, 5) is 28.7. The molecule has 0 radical (unpaired) electrons. The topological polar surface area (TPSA) is 105 Å². The summed E-state index contributed by atoms with van der Waals surface area (Å²) in [6.45, 7) is 1.75. The number of hydrogen-bond donors (Lipinski definition) is 1. The second-order valence-electron chi connectivity index (χ2n) is 10.8. The lowest BCUT2D eigenvalue weighted by molar-refractivity contribution is -0.139. The molecular weight excluding hydrogens is 573 g/mol. The highest BCUT2D eigenvalue weighted by Gasteiger charge is 2.34. The van der Waals surface area contributed by atoms with Crippen molar-refractivity contribution >= 4 is 27.5 Å². The van der Waals surface area contributed by atoms with Gasteiger partial charge in [0.1, 0.15) is 31.6 Å². The summed E-state index contributed by atoms with van der Waals surface area (Å²) in [5.41, 5.74) is 0.889. The molecule has 1 fully saturated rings. The van der Waals surface area contributed by atoms with Crippen LogP contribution in [0.25, 0.3) is 0 Å². The SMILES string of the molecule is C[C@@H](C(=O)NC1CCCCC1)N(Cc1ccccc1)C(=O)CN(c1ccc(F)cc1)S(=O)(=O)c1ccc2c(c1)OCCO2. The number of fused-ring (bicyclic) bond motifs is 1. The zero-order valence-corrected chi connectivity index (χ0v) is 24.9. The second-order valence-corrected chi connectivity index (χ2v) is 12.7. The number of nitrogens with one attached hydrogen (secondary N) is 1. The highest BCUT2D eigenvalue weighted by atomic mass is 32.2. The Morgan fingerprint density at radius 2 is 1.60 bits per heavy atom. The first-order chi connectivity index (χ1) is 20.7. The van der Waals surface area contributed by atoms with Crippen molar-refractivity contribution in [3.63, 3.8) is 0 Å². The minimum Gasteiger partial charge on any atom is -0.486 e. The Balaban J connectivity index is 1.46. The molecule has 11 heteroatoms. The van der Waals surface area contributed by atoms with Gasteiger partial charge in [-0.15, -0.1) is 0 Å². The summed E-state index contributed by atoms with van der Waals surface area (Å²) in [5.74, 6) is -0.733. The third-order valence-electron chi connectivity index (χ3n) is 7.81. The number of rotatable bonds is 10. The molecule has 1 saturated carbocycles. The molecule has 43 heavy (non-hydrogen) atoms. The normalized spacial score (nSPS) is 15.8. The molecule has 2 amide bonds. The lowest BCUT2D eigenvalue weighted by atomic mass is 9.95. The van der Waals surface area contributed by atoms with E-state index in [4.69, 9.17) is 9.47 Å². The molecule has 3 aromatic rings. The van der Waals surface area contributed by atoms with Crippen LogP contribution in [0.4, 0.5) is 10.1 Å². The van der Waals surface area contributed by atoms with Gasteiger partial charge in [0.25, 0.3) is 10.0 Å². The van der Waals surface area contributed by atoms with Crippen LogP contribution in [-0.4, -0.2) is 57.0 Å². The number of carbonyl (C=O) groups is 2. The van der Waals surface area contributed by atoms with Gasteiger partial charge in [0.05, 0.1) is 10.6 Å². The standard InChI is InChI=1S/C32H36FN3O6S/c1-23(32(38)34-26-10-6-3-7-11-26)35(21-24-8-4-2-5-9-24)31(37)22-36(27-14-12-25(33)13-15-27)43(39,40)28-16-17-29-30(20-28)42-19-18-41-29/h2,4-5,8-9,12-17,20,23,26H,3,6-7,10-11,18-19,21-22H2,1H3,(H,34,38)/t23-/m0/s1. The Hall–Kier alpha value is -4.12. The number of hydrogen-bond acceptors (Lipinski definition) is 6. The quantitative estimate of drug-likeness (QED) is 0.359. The number of carbonyl (C=O) groups excluding carboxylic acids is 2. The van der Waals surface area contributed by atoms with E-state index in [1.165, 1.54) is 35.2 Å². The van der Waals surface area contributed by atoms with Gasteiger partial charge in [-0.05, 0) is 61.7 Å². The predicted octanol–water partition coefficient (Wildman–Crippen LogP) is 4.66. The molecule has 1 heterocycles. The monoisotopic (exact) mass is 609 g/mol. The number of nitrogens with zero attached hydrogens (tertiary/aromatic N) is 2. The summed E-state index contributed by atoms with van der Waals surface area (Å²) in [6, 6.07) is 17.5. The summed E-state index contributed by atoms with van der Waals surface area (Å²) >= 11 is 0. The van der Waals surface area contributed by atoms with E-state index in [0.717, 1.165) is 54.1 Å². The van der Waals surface area contributed by atoms with Crippen LogP contribution in [0.5, 0.6) is 11.5 Å². The fourth-order valence-electron chi connectivity index (χ4n) is 5.38. The van der Waals surface area contributed by atoms with Crippen LogP contribution in [0, 0.1) is 5.82 Å². The zero-order valence-electron chi connectivity index (χ0n) is 24.1. The van der Waals surface area contributed by atoms with E-state index < -0.39 is 34.3 Å². The number of ether oxygens (including phenoxy) is 2. The highest BCUT2D eigenvalue weighted by molar-refractivity contribution is 7.92. The van der Waals surface area contributed by atoms with Crippen LogP contribution in [0.2, 0.25) is 0 Å². The molecule has 0 aromatic heterocycles. The van der Waals surface area contributed by atoms with Gasteiger partial charge in [-0.1, -0.05) is 49.6 Å². The zero-order chi connectivity index (χ0) is 30.4. The molecule has 2 aliphatic rings. The number of sulfonamides is 1. The van der Waals surface area contributed by atoms with Gasteiger partial charge in [0, 0.05) is 18.7 Å². The Morgan fingerprint density at radius 3 is 2.30 bits per heavy atom. The van der Waals surface area contributed by atoms with Crippen molar-refractivity contribution in [2.24, 2.45) is 0 Å². The van der Waals surface area contributed by atoms with Crippen LogP contribution in [-0.2, 0) is 26.2 Å². The van der Waals surface area contributed by atoms with Gasteiger partial charge < -0.3 is 19.7 Å². The maximum atomic E-state index is 14.1. The first-order valence-corrected chi connectivity index (χ1v) is 16.0. The van der Waals surface area contributed by atoms with Crippen molar-refractivity contribution < 1.29 is 31.9 Å². The summed E-state index contributed by atoms with van der Waals surface area (Å²) in [5, 5.41) is 3.08. The van der Waals surface area contributed by atoms with Gasteiger partial charge in [0.2, 0.25) is 11.8 Å². The van der Waals surface area contributed by atoms with E-state index in [-0.39, 0.29) is 41.4 Å². The number of anilines is 1. The van der Waals surface area contributed by atoms with E-state index >= 15 is 0 Å². The molecule has 1 aliphatic heterocycles. The Bertz CT molecular complexity index is 1530. The molecule has 0 unspecified atom stereocenters. The lowest BCUT2D eigenvalue weighted by Crippen LogP contribution is -2.53. The molecule has 9 nitrogen and oxygen atoms in total.